The van der Waals surface area contributed by atoms with Gasteiger partial charge in [0.25, 0.3) is 5.56 Å². The van der Waals surface area contributed by atoms with Crippen LogP contribution < -0.4 is 5.56 Å². The van der Waals surface area contributed by atoms with E-state index in [0.717, 1.165) is 5.56 Å². The molecule has 5 heteroatoms. The number of hydrogen-bond acceptors (Lipinski definition) is 2. The Labute approximate surface area is 92.9 Å². The highest BCUT2D eigenvalue weighted by Crippen LogP contribution is 2.23. The molecule has 2 radical (unpaired) electrons. The van der Waals surface area contributed by atoms with Crippen LogP contribution in [0.3, 0.4) is 0 Å². The molecule has 0 saturated carbocycles. The van der Waals surface area contributed by atoms with Gasteiger partial charge in [0.05, 0.1) is 23.9 Å². The van der Waals surface area contributed by atoms with Crippen LogP contribution in [-0.2, 0) is 6.32 Å². The number of hydrogen-bond donors (Lipinski definition) is 1. The number of aryl methyl sites for hydroxylation is 1. The lowest BCUT2D eigenvalue weighted by Crippen LogP contribution is -2.12. The third-order valence-corrected chi connectivity index (χ3v) is 2.71. The molecule has 0 bridgehead atoms. The molecule has 0 unspecified atom stereocenters. The Morgan fingerprint density at radius 2 is 2.27 bits per heavy atom. The standard InChI is InChI=1S/C10H8BClN2O/c1-5-10(15)14-9-7(13-5)3-2-6(4-11)8(9)12/h2-3H,4H2,1H3,(H,14,15). The lowest BCUT2D eigenvalue weighted by molar-refractivity contribution is 1.12. The summed E-state index contributed by atoms with van der Waals surface area (Å²) >= 11 is 6.08. The summed E-state index contributed by atoms with van der Waals surface area (Å²) in [5, 5.41) is 0.472. The van der Waals surface area contributed by atoms with E-state index in [2.05, 4.69) is 9.97 Å². The van der Waals surface area contributed by atoms with Crippen LogP contribution in [-0.4, -0.2) is 17.8 Å². The first-order chi connectivity index (χ1) is 7.13. The number of fused-ring (bicyclic) bond motifs is 1. The van der Waals surface area contributed by atoms with Gasteiger partial charge in [-0.1, -0.05) is 24.0 Å². The minimum absolute atomic E-state index is 0.224. The van der Waals surface area contributed by atoms with Gasteiger partial charge in [0.2, 0.25) is 0 Å². The zero-order valence-electron chi connectivity index (χ0n) is 8.17. The van der Waals surface area contributed by atoms with Crippen LogP contribution in [0.2, 0.25) is 5.02 Å². The minimum Gasteiger partial charge on any atom is -0.318 e. The van der Waals surface area contributed by atoms with Crippen molar-refractivity contribution < 1.29 is 0 Å². The summed E-state index contributed by atoms with van der Waals surface area (Å²) in [4.78, 5) is 18.2. The maximum absolute atomic E-state index is 11.4. The first-order valence-electron chi connectivity index (χ1n) is 4.51. The summed E-state index contributed by atoms with van der Waals surface area (Å²) in [5.74, 6) is 0. The molecular formula is C10H8BClN2O. The molecule has 0 amide bonds. The highest BCUT2D eigenvalue weighted by atomic mass is 35.5. The van der Waals surface area contributed by atoms with E-state index in [0.29, 0.717) is 28.1 Å². The Balaban J connectivity index is 2.87. The van der Waals surface area contributed by atoms with E-state index < -0.39 is 0 Å². The molecule has 2 rings (SSSR count). The molecule has 1 aromatic carbocycles. The third-order valence-electron chi connectivity index (χ3n) is 2.28. The first-order valence-corrected chi connectivity index (χ1v) is 4.89. The Kier molecular flexibility index (Phi) is 2.53. The number of nitrogens with zero attached hydrogens (tertiary/aromatic N) is 1. The number of nitrogens with one attached hydrogen (secondary N) is 1. The van der Waals surface area contributed by atoms with Crippen LogP contribution in [0.4, 0.5) is 0 Å². The SMILES string of the molecule is [B]Cc1ccc2nc(C)c(=O)[nH]c2c1Cl. The van der Waals surface area contributed by atoms with Crippen molar-refractivity contribution in [2.75, 3.05) is 0 Å². The van der Waals surface area contributed by atoms with Gasteiger partial charge in [0.1, 0.15) is 5.69 Å². The van der Waals surface area contributed by atoms with E-state index in [1.54, 1.807) is 13.0 Å². The molecule has 1 heterocycles. The average molecular weight is 218 g/mol. The quantitative estimate of drug-likeness (QED) is 0.738. The molecule has 0 aliphatic carbocycles. The Bertz CT molecular complexity index is 579. The summed E-state index contributed by atoms with van der Waals surface area (Å²) in [5.41, 5.74) is 2.23. The number of benzene rings is 1. The molecule has 1 aromatic heterocycles. The van der Waals surface area contributed by atoms with Crippen molar-refractivity contribution in [2.45, 2.75) is 13.2 Å². The molecule has 0 fully saturated rings. The monoisotopic (exact) mass is 218 g/mol. The summed E-state index contributed by atoms with van der Waals surface area (Å²) in [6.45, 7) is 1.66. The molecule has 0 saturated heterocycles. The van der Waals surface area contributed by atoms with Crippen molar-refractivity contribution in [3.05, 3.63) is 38.8 Å². The number of aromatic amines is 1. The van der Waals surface area contributed by atoms with Gasteiger partial charge < -0.3 is 4.98 Å². The second-order valence-electron chi connectivity index (χ2n) is 3.29. The van der Waals surface area contributed by atoms with E-state index >= 15 is 0 Å². The molecule has 3 nitrogen and oxygen atoms in total. The molecule has 0 aliphatic heterocycles. The van der Waals surface area contributed by atoms with Gasteiger partial charge in [-0.3, -0.25) is 4.79 Å². The van der Waals surface area contributed by atoms with Crippen molar-refractivity contribution in [3.8, 4) is 0 Å². The van der Waals surface area contributed by atoms with E-state index in [4.69, 9.17) is 19.4 Å². The highest BCUT2D eigenvalue weighted by molar-refractivity contribution is 6.36. The lowest BCUT2D eigenvalue weighted by atomic mass is 9.96. The van der Waals surface area contributed by atoms with Crippen LogP contribution in [0.5, 0.6) is 0 Å². The predicted octanol–water partition coefficient (Wildman–Crippen LogP) is 1.55. The normalized spacial score (nSPS) is 10.8. The molecule has 0 spiro atoms. The molecule has 2 aromatic rings. The number of halogens is 1. The maximum atomic E-state index is 11.4. The summed E-state index contributed by atoms with van der Waals surface area (Å²) in [7, 11) is 5.51. The van der Waals surface area contributed by atoms with Crippen molar-refractivity contribution >= 4 is 30.5 Å². The molecule has 0 aliphatic rings. The number of H-pyrrole nitrogens is 1. The van der Waals surface area contributed by atoms with Gasteiger partial charge in [0.15, 0.2) is 0 Å². The van der Waals surface area contributed by atoms with Gasteiger partial charge in [0, 0.05) is 0 Å². The lowest BCUT2D eigenvalue weighted by Gasteiger charge is -2.05. The smallest absolute Gasteiger partial charge is 0.269 e. The minimum atomic E-state index is -0.224. The number of aromatic nitrogens is 2. The largest absolute Gasteiger partial charge is 0.318 e. The molecule has 74 valence electrons. The second kappa shape index (κ2) is 3.70. The average Bonchev–Trinajstić information content (AvgIpc) is 2.22. The van der Waals surface area contributed by atoms with Crippen LogP contribution in [0, 0.1) is 6.92 Å². The molecule has 15 heavy (non-hydrogen) atoms. The Hall–Kier alpha value is -1.29. The second-order valence-corrected chi connectivity index (χ2v) is 3.67. The summed E-state index contributed by atoms with van der Waals surface area (Å²) < 4.78 is 0. The van der Waals surface area contributed by atoms with Gasteiger partial charge >= 0.3 is 0 Å². The van der Waals surface area contributed by atoms with Crippen molar-refractivity contribution in [2.24, 2.45) is 0 Å². The van der Waals surface area contributed by atoms with Gasteiger partial charge in [-0.25, -0.2) is 4.98 Å². The maximum Gasteiger partial charge on any atom is 0.269 e. The zero-order valence-corrected chi connectivity index (χ0v) is 8.93. The Morgan fingerprint density at radius 1 is 1.53 bits per heavy atom. The topological polar surface area (TPSA) is 45.8 Å². The van der Waals surface area contributed by atoms with Gasteiger partial charge in [-0.2, -0.15) is 0 Å². The molecule has 1 N–H and O–H groups in total. The van der Waals surface area contributed by atoms with Gasteiger partial charge in [-0.05, 0) is 18.6 Å². The van der Waals surface area contributed by atoms with E-state index in [1.165, 1.54) is 0 Å². The van der Waals surface area contributed by atoms with Crippen molar-refractivity contribution in [1.29, 1.82) is 0 Å². The number of rotatable bonds is 1. The zero-order chi connectivity index (χ0) is 11.0. The molecular weight excluding hydrogens is 210 g/mol. The fourth-order valence-corrected chi connectivity index (χ4v) is 1.70. The first kappa shape index (κ1) is 10.2. The van der Waals surface area contributed by atoms with Crippen LogP contribution >= 0.6 is 11.6 Å². The summed E-state index contributed by atoms with van der Waals surface area (Å²) in [6.07, 6.45) is 0.338. The third kappa shape index (κ3) is 1.65. The van der Waals surface area contributed by atoms with E-state index in [1.807, 2.05) is 6.07 Å². The van der Waals surface area contributed by atoms with E-state index in [9.17, 15) is 4.79 Å². The Morgan fingerprint density at radius 3 is 2.93 bits per heavy atom. The van der Waals surface area contributed by atoms with Crippen LogP contribution in [0.15, 0.2) is 16.9 Å². The fourth-order valence-electron chi connectivity index (χ4n) is 1.41. The van der Waals surface area contributed by atoms with Crippen LogP contribution in [0.1, 0.15) is 11.3 Å². The molecule has 0 atom stereocenters. The summed E-state index contributed by atoms with van der Waals surface area (Å²) in [6, 6.07) is 3.61. The fraction of sp³-hybridized carbons (Fsp3) is 0.200. The van der Waals surface area contributed by atoms with E-state index in [-0.39, 0.29) is 5.56 Å². The van der Waals surface area contributed by atoms with Crippen LogP contribution in [0.25, 0.3) is 11.0 Å². The van der Waals surface area contributed by atoms with Crippen molar-refractivity contribution in [1.82, 2.24) is 9.97 Å². The predicted molar refractivity (Wildman–Crippen MR) is 61.6 cm³/mol. The van der Waals surface area contributed by atoms with Gasteiger partial charge in [-0.15, -0.1) is 0 Å². The van der Waals surface area contributed by atoms with Crippen molar-refractivity contribution in [3.63, 3.8) is 0 Å². The highest BCUT2D eigenvalue weighted by Gasteiger charge is 2.07.